The number of amides is 3. The third kappa shape index (κ3) is 6.34. The third-order valence-electron chi connectivity index (χ3n) is 10.5. The number of nitrogens with one attached hydrogen (secondary N) is 2. The molecule has 3 aromatic rings. The third-order valence-corrected chi connectivity index (χ3v) is 10.5. The topological polar surface area (TPSA) is 131 Å². The van der Waals surface area contributed by atoms with E-state index >= 15 is 0 Å². The van der Waals surface area contributed by atoms with Crippen molar-refractivity contribution < 1.29 is 19.5 Å². The van der Waals surface area contributed by atoms with E-state index in [4.69, 9.17) is 0 Å². The maximum Gasteiger partial charge on any atom is 0.255 e. The van der Waals surface area contributed by atoms with Gasteiger partial charge in [-0.1, -0.05) is 24.3 Å². The zero-order valence-electron chi connectivity index (χ0n) is 27.1. The smallest absolute Gasteiger partial charge is 0.255 e. The molecule has 3 amide bonds. The van der Waals surface area contributed by atoms with Crippen molar-refractivity contribution in [2.75, 3.05) is 36.4 Å². The first-order valence-corrected chi connectivity index (χ1v) is 16.8. The second kappa shape index (κ2) is 12.7. The lowest BCUT2D eigenvalue weighted by Gasteiger charge is -2.39. The molecule has 3 N–H and O–H groups in total. The summed E-state index contributed by atoms with van der Waals surface area (Å²) in [6.07, 6.45) is 7.49. The molecule has 4 aliphatic rings. The highest BCUT2D eigenvalue weighted by Gasteiger charge is 2.44. The molecule has 1 aromatic heterocycles. The number of aromatic nitrogens is 2. The first kappa shape index (κ1) is 31.3. The van der Waals surface area contributed by atoms with Gasteiger partial charge in [0.1, 0.15) is 6.04 Å². The highest BCUT2D eigenvalue weighted by Crippen LogP contribution is 2.41. The molecule has 0 aliphatic carbocycles. The molecule has 5 heterocycles. The van der Waals surface area contributed by atoms with Crippen molar-refractivity contribution >= 4 is 29.4 Å². The first-order valence-electron chi connectivity index (χ1n) is 16.8. The Morgan fingerprint density at radius 3 is 2.34 bits per heavy atom. The van der Waals surface area contributed by atoms with Crippen LogP contribution in [0.3, 0.4) is 0 Å². The lowest BCUT2D eigenvalue weighted by molar-refractivity contribution is -0.137. The van der Waals surface area contributed by atoms with Crippen LogP contribution >= 0.6 is 0 Å². The monoisotopic (exact) mass is 637 g/mol. The summed E-state index contributed by atoms with van der Waals surface area (Å²) in [6.45, 7) is 8.22. The minimum absolute atomic E-state index is 0.198. The van der Waals surface area contributed by atoms with Crippen LogP contribution in [0.1, 0.15) is 84.1 Å². The van der Waals surface area contributed by atoms with Gasteiger partial charge < -0.3 is 20.2 Å². The highest BCUT2D eigenvalue weighted by molar-refractivity contribution is 6.05. The lowest BCUT2D eigenvalue weighted by Crippen LogP contribution is -2.53. The summed E-state index contributed by atoms with van der Waals surface area (Å²) < 4.78 is 0. The Morgan fingerprint density at radius 1 is 0.957 bits per heavy atom. The van der Waals surface area contributed by atoms with Gasteiger partial charge in [-0.2, -0.15) is 0 Å². The number of rotatable bonds is 7. The van der Waals surface area contributed by atoms with Crippen LogP contribution in [-0.4, -0.2) is 80.9 Å². The van der Waals surface area contributed by atoms with Gasteiger partial charge in [-0.25, -0.2) is 9.97 Å². The fraction of sp³-hybridized carbons (Fsp3) is 0.472. The highest BCUT2D eigenvalue weighted by atomic mass is 16.3. The molecule has 0 unspecified atom stereocenters. The molecule has 11 nitrogen and oxygen atoms in total. The minimum atomic E-state index is -0.979. The molecule has 0 radical (unpaired) electrons. The van der Waals surface area contributed by atoms with Gasteiger partial charge >= 0.3 is 0 Å². The molecule has 246 valence electrons. The zero-order valence-corrected chi connectivity index (χ0v) is 27.1. The van der Waals surface area contributed by atoms with Gasteiger partial charge in [0.05, 0.1) is 11.6 Å². The lowest BCUT2D eigenvalue weighted by atomic mass is 9.82. The quantitative estimate of drug-likeness (QED) is 0.332. The van der Waals surface area contributed by atoms with E-state index in [9.17, 15) is 19.5 Å². The van der Waals surface area contributed by atoms with Crippen molar-refractivity contribution in [1.29, 1.82) is 0 Å². The van der Waals surface area contributed by atoms with Crippen LogP contribution in [0.2, 0.25) is 0 Å². The normalized spacial score (nSPS) is 23.5. The van der Waals surface area contributed by atoms with E-state index < -0.39 is 17.6 Å². The van der Waals surface area contributed by atoms with Gasteiger partial charge in [0.25, 0.3) is 5.91 Å². The number of piperidine rings is 3. The summed E-state index contributed by atoms with van der Waals surface area (Å²) in [4.78, 5) is 52.7. The van der Waals surface area contributed by atoms with Crippen molar-refractivity contribution in [3.8, 4) is 0 Å². The van der Waals surface area contributed by atoms with Gasteiger partial charge in [-0.05, 0) is 86.4 Å². The van der Waals surface area contributed by atoms with Crippen LogP contribution in [0.5, 0.6) is 0 Å². The zero-order chi connectivity index (χ0) is 32.7. The van der Waals surface area contributed by atoms with Crippen molar-refractivity contribution in [3.05, 3.63) is 82.7 Å². The Bertz CT molecular complexity index is 1640. The summed E-state index contributed by atoms with van der Waals surface area (Å²) >= 11 is 0. The molecule has 0 saturated carbocycles. The fourth-order valence-corrected chi connectivity index (χ4v) is 7.59. The molecule has 2 aromatic carbocycles. The van der Waals surface area contributed by atoms with Gasteiger partial charge in [-0.3, -0.25) is 24.6 Å². The van der Waals surface area contributed by atoms with Gasteiger partial charge in [0.15, 0.2) is 0 Å². The van der Waals surface area contributed by atoms with E-state index in [1.54, 1.807) is 11.0 Å². The van der Waals surface area contributed by atoms with Crippen molar-refractivity contribution in [2.45, 2.75) is 82.6 Å². The number of nitrogens with zero attached hydrogens (tertiary/aromatic N) is 5. The van der Waals surface area contributed by atoms with Crippen LogP contribution in [0.25, 0.3) is 0 Å². The second-order valence-electron chi connectivity index (χ2n) is 13.6. The maximum absolute atomic E-state index is 13.3. The standard InChI is InChI=1S/C36H43N7O4/c1-23-20-37-35(38-21-23)39-27-11-15-42(16-12-27)28-6-3-25(4-7-28)22-41-17-13-36(47,14-18-41)26-5-8-29-30(19-26)24(2)43(34(29)46)31-9-10-32(44)40-33(31)45/h3-8,19-21,24,27,31,47H,9-18,22H2,1-2H3,(H,37,38,39)(H,40,44,45)/t24-,31+/m1/s1. The minimum Gasteiger partial charge on any atom is -0.385 e. The molecule has 3 fully saturated rings. The molecule has 0 spiro atoms. The predicted octanol–water partition coefficient (Wildman–Crippen LogP) is 3.67. The number of hydrogen-bond acceptors (Lipinski definition) is 9. The number of fused-ring (bicyclic) bond motifs is 1. The number of likely N-dealkylation sites (tertiary alicyclic amines) is 1. The van der Waals surface area contributed by atoms with Gasteiger partial charge in [0.2, 0.25) is 17.8 Å². The van der Waals surface area contributed by atoms with Crippen molar-refractivity contribution in [1.82, 2.24) is 25.1 Å². The molecule has 0 bridgehead atoms. The summed E-state index contributed by atoms with van der Waals surface area (Å²) in [5.74, 6) is -0.217. The number of aryl methyl sites for hydroxylation is 1. The average Bonchev–Trinajstić information content (AvgIpc) is 3.32. The number of carbonyl (C=O) groups excluding carboxylic acids is 3. The SMILES string of the molecule is Cc1cnc(NC2CCN(c3ccc(CN4CCC(O)(c5ccc6c(c5)[C@@H](C)N([C@H]5CCC(=O)NC5=O)C6=O)CC4)cc3)CC2)nc1. The molecule has 3 saturated heterocycles. The van der Waals surface area contributed by atoms with Crippen LogP contribution in [0.4, 0.5) is 11.6 Å². The van der Waals surface area contributed by atoms with Gasteiger partial charge in [-0.15, -0.1) is 0 Å². The van der Waals surface area contributed by atoms with E-state index in [1.165, 1.54) is 11.3 Å². The molecule has 4 aliphatic heterocycles. The second-order valence-corrected chi connectivity index (χ2v) is 13.6. The molecule has 47 heavy (non-hydrogen) atoms. The van der Waals surface area contributed by atoms with E-state index in [1.807, 2.05) is 38.4 Å². The summed E-state index contributed by atoms with van der Waals surface area (Å²) in [5, 5.41) is 17.6. The van der Waals surface area contributed by atoms with Crippen molar-refractivity contribution in [2.24, 2.45) is 0 Å². The summed E-state index contributed by atoms with van der Waals surface area (Å²) in [7, 11) is 0. The van der Waals surface area contributed by atoms with Crippen LogP contribution in [-0.2, 0) is 21.7 Å². The first-order chi connectivity index (χ1) is 22.7. The average molecular weight is 638 g/mol. The fourth-order valence-electron chi connectivity index (χ4n) is 7.59. The Labute approximate surface area is 275 Å². The maximum atomic E-state index is 13.3. The largest absolute Gasteiger partial charge is 0.385 e. The molecular formula is C36H43N7O4. The number of benzene rings is 2. The van der Waals surface area contributed by atoms with Crippen molar-refractivity contribution in [3.63, 3.8) is 0 Å². The number of imide groups is 1. The Balaban J connectivity index is 0.918. The molecule has 2 atom stereocenters. The summed E-state index contributed by atoms with van der Waals surface area (Å²) in [6, 6.07) is 13.9. The molecular weight excluding hydrogens is 594 g/mol. The van der Waals surface area contributed by atoms with E-state index in [0.717, 1.165) is 62.3 Å². The Morgan fingerprint density at radius 2 is 1.66 bits per heavy atom. The predicted molar refractivity (Wildman–Crippen MR) is 178 cm³/mol. The number of carbonyl (C=O) groups is 3. The Hall–Kier alpha value is -4.35. The molecule has 11 heteroatoms. The van der Waals surface area contributed by atoms with Crippen LogP contribution in [0.15, 0.2) is 54.9 Å². The Kier molecular flexibility index (Phi) is 8.44. The van der Waals surface area contributed by atoms with Crippen LogP contribution < -0.4 is 15.5 Å². The molecule has 7 rings (SSSR count). The number of anilines is 2. The van der Waals surface area contributed by atoms with E-state index in [0.29, 0.717) is 36.8 Å². The van der Waals surface area contributed by atoms with E-state index in [-0.39, 0.29) is 24.3 Å². The summed E-state index contributed by atoms with van der Waals surface area (Å²) in [5.41, 5.74) is 4.78. The van der Waals surface area contributed by atoms with Gasteiger partial charge in [0, 0.05) is 68.8 Å². The number of aliphatic hydroxyl groups is 1. The van der Waals surface area contributed by atoms with Crippen LogP contribution in [0, 0.1) is 6.92 Å². The van der Waals surface area contributed by atoms with E-state index in [2.05, 4.69) is 54.7 Å². The number of hydrogen-bond donors (Lipinski definition) is 3.